The lowest BCUT2D eigenvalue weighted by atomic mass is 9.81. The molecule has 1 heterocycles. The van der Waals surface area contributed by atoms with Crippen LogP contribution in [0.4, 0.5) is 0 Å². The molecular weight excluding hydrogens is 463 g/mol. The highest BCUT2D eigenvalue weighted by Gasteiger charge is 2.61. The fourth-order valence-electron chi connectivity index (χ4n) is 6.35. The van der Waals surface area contributed by atoms with Gasteiger partial charge in [0.2, 0.25) is 5.91 Å². The average Bonchev–Trinajstić information content (AvgIpc) is 3.18. The lowest BCUT2D eigenvalue weighted by Crippen LogP contribution is -2.68. The molecule has 2 N–H and O–H groups in total. The zero-order valence-electron chi connectivity index (χ0n) is 23.2. The summed E-state index contributed by atoms with van der Waals surface area (Å²) in [4.78, 5) is 12.7. The Bertz CT molecular complexity index is 1260. The Morgan fingerprint density at radius 1 is 1.00 bits per heavy atom. The second-order valence-corrected chi connectivity index (χ2v) is 40.5. The molecule has 2 aromatic carbocycles. The van der Waals surface area contributed by atoms with Crippen LogP contribution in [0, 0.1) is 6.92 Å². The van der Waals surface area contributed by atoms with Crippen molar-refractivity contribution in [3.63, 3.8) is 0 Å². The van der Waals surface area contributed by atoms with E-state index in [1.54, 1.807) is 5.19 Å². The van der Waals surface area contributed by atoms with E-state index in [0.29, 0.717) is 0 Å². The number of carbonyl (C=O) groups excluding carboxylic acids is 1. The maximum absolute atomic E-state index is 12.7. The van der Waals surface area contributed by atoms with Crippen LogP contribution in [0.1, 0.15) is 66.7 Å². The topological polar surface area (TPSA) is 43.1 Å². The molecule has 0 radical (unpaired) electrons. The highest BCUT2D eigenvalue weighted by atomic mass is 29.6. The molecule has 0 bridgehead atoms. The van der Waals surface area contributed by atoms with E-state index in [4.69, 9.17) is 5.73 Å². The lowest BCUT2D eigenvalue weighted by molar-refractivity contribution is 0.1000. The monoisotopic (exact) mass is 505 g/mol. The van der Waals surface area contributed by atoms with Gasteiger partial charge in [-0.15, -0.1) is 0 Å². The molecule has 2 aromatic rings. The van der Waals surface area contributed by atoms with Crippen molar-refractivity contribution in [1.82, 2.24) is 0 Å². The lowest BCUT2D eigenvalue weighted by Gasteiger charge is -2.40. The molecule has 0 saturated heterocycles. The van der Waals surface area contributed by atoms with Gasteiger partial charge in [-0.05, 0) is 58.6 Å². The smallest absolute Gasteiger partial charge is 0.248 e. The summed E-state index contributed by atoms with van der Waals surface area (Å²) < 4.78 is 0. The average molecular weight is 506 g/mol. The molecule has 1 aliphatic heterocycles. The van der Waals surface area contributed by atoms with Gasteiger partial charge in [0.1, 0.15) is 0 Å². The molecule has 0 fully saturated rings. The number of amides is 1. The van der Waals surface area contributed by atoms with Gasteiger partial charge in [-0.1, -0.05) is 107 Å². The standard InChI is InChI=1S/C29H43NOSi3/c1-12-19-13-20-15-21(29(3,4)5)16-24(23(20)14-19)26-18(2)22(28(30)31)17-25-27(26)33(8,9)34(10,11)32(25,6)7/h13,15-17H,12,14H2,1-11H3,(H2,30,31). The normalized spacial score (nSPS) is 19.6. The molecule has 0 unspecified atom stereocenters. The van der Waals surface area contributed by atoms with E-state index in [0.717, 1.165) is 24.0 Å². The van der Waals surface area contributed by atoms with Crippen LogP contribution < -0.4 is 16.1 Å². The molecule has 0 atom stereocenters. The molecule has 0 saturated carbocycles. The van der Waals surface area contributed by atoms with E-state index in [-0.39, 0.29) is 11.3 Å². The second-order valence-electron chi connectivity index (χ2n) is 13.3. The summed E-state index contributed by atoms with van der Waals surface area (Å²) in [6, 6.07) is 7.11. The van der Waals surface area contributed by atoms with Gasteiger partial charge in [-0.2, -0.15) is 0 Å². The van der Waals surface area contributed by atoms with E-state index < -0.39 is 22.3 Å². The van der Waals surface area contributed by atoms with Gasteiger partial charge in [0.15, 0.2) is 0 Å². The maximum Gasteiger partial charge on any atom is 0.248 e. The predicted molar refractivity (Wildman–Crippen MR) is 158 cm³/mol. The first kappa shape index (κ1) is 25.4. The van der Waals surface area contributed by atoms with E-state index in [2.05, 4.69) is 98.2 Å². The first-order valence-electron chi connectivity index (χ1n) is 12.8. The number of primary amides is 1. The number of fused-ring (bicyclic) bond motifs is 2. The number of rotatable bonds is 3. The molecule has 182 valence electrons. The van der Waals surface area contributed by atoms with E-state index in [9.17, 15) is 4.79 Å². The van der Waals surface area contributed by atoms with Crippen LogP contribution in [-0.2, 0) is 11.8 Å². The molecule has 5 heteroatoms. The van der Waals surface area contributed by atoms with Crippen LogP contribution in [-0.4, -0.2) is 28.2 Å². The molecule has 4 rings (SSSR count). The van der Waals surface area contributed by atoms with E-state index in [1.807, 2.05) is 0 Å². The molecule has 2 aliphatic rings. The van der Waals surface area contributed by atoms with Crippen molar-refractivity contribution in [2.24, 2.45) is 5.73 Å². The van der Waals surface area contributed by atoms with Crippen molar-refractivity contribution in [3.05, 3.63) is 51.6 Å². The Labute approximate surface area is 209 Å². The van der Waals surface area contributed by atoms with Crippen molar-refractivity contribution in [2.45, 2.75) is 92.2 Å². The summed E-state index contributed by atoms with van der Waals surface area (Å²) in [5.74, 6) is -0.284. The third kappa shape index (κ3) is 3.34. The number of benzene rings is 2. The van der Waals surface area contributed by atoms with Crippen molar-refractivity contribution in [2.75, 3.05) is 0 Å². The number of nitrogens with two attached hydrogens (primary N) is 1. The van der Waals surface area contributed by atoms with Gasteiger partial charge in [0.05, 0.1) is 15.2 Å². The minimum atomic E-state index is -1.73. The Morgan fingerprint density at radius 2 is 1.62 bits per heavy atom. The van der Waals surface area contributed by atoms with Crippen molar-refractivity contribution >= 4 is 44.6 Å². The second kappa shape index (κ2) is 7.65. The fourth-order valence-corrected chi connectivity index (χ4v) is 41.1. The summed E-state index contributed by atoms with van der Waals surface area (Å²) in [7, 11) is -4.96. The highest BCUT2D eigenvalue weighted by molar-refractivity contribution is 7.76. The maximum atomic E-state index is 12.7. The highest BCUT2D eigenvalue weighted by Crippen LogP contribution is 2.43. The third-order valence-corrected chi connectivity index (χ3v) is 51.5. The Morgan fingerprint density at radius 3 is 2.15 bits per heavy atom. The van der Waals surface area contributed by atoms with Crippen molar-refractivity contribution < 1.29 is 4.79 Å². The number of hydrogen-bond acceptors (Lipinski definition) is 1. The fraction of sp³-hybridized carbons (Fsp3) is 0.483. The quantitative estimate of drug-likeness (QED) is 0.502. The Kier molecular flexibility index (Phi) is 5.71. The zero-order valence-corrected chi connectivity index (χ0v) is 26.2. The van der Waals surface area contributed by atoms with Crippen LogP contribution in [0.3, 0.4) is 0 Å². The van der Waals surface area contributed by atoms with E-state index >= 15 is 0 Å². The largest absolute Gasteiger partial charge is 0.366 e. The summed E-state index contributed by atoms with van der Waals surface area (Å²) in [5, 5.41) is 3.19. The first-order valence-corrected chi connectivity index (χ1v) is 23.8. The Balaban J connectivity index is 2.20. The SMILES string of the molecule is CCC1=Cc2cc(C(C)(C)C)cc(-c3c(C)c(C(N)=O)cc4c3[Si](C)(C)[Si](C)(C)[Si]4(C)C)c2C1. The number of allylic oxidation sites excluding steroid dienone is 1. The molecule has 1 amide bonds. The van der Waals surface area contributed by atoms with Crippen LogP contribution in [0.25, 0.3) is 17.2 Å². The molecule has 1 aliphatic carbocycles. The predicted octanol–water partition coefficient (Wildman–Crippen LogP) is 6.12. The van der Waals surface area contributed by atoms with Gasteiger partial charge < -0.3 is 5.73 Å². The summed E-state index contributed by atoms with van der Waals surface area (Å²) in [6.45, 7) is 27.0. The van der Waals surface area contributed by atoms with Gasteiger partial charge >= 0.3 is 0 Å². The minimum Gasteiger partial charge on any atom is -0.366 e. The zero-order chi connectivity index (χ0) is 25.6. The minimum absolute atomic E-state index is 0.0555. The van der Waals surface area contributed by atoms with Crippen molar-refractivity contribution in [3.8, 4) is 11.1 Å². The van der Waals surface area contributed by atoms with Crippen LogP contribution >= 0.6 is 0 Å². The third-order valence-electron chi connectivity index (χ3n) is 9.91. The summed E-state index contributed by atoms with van der Waals surface area (Å²) in [6.07, 6.45) is 4.52. The van der Waals surface area contributed by atoms with Gasteiger partial charge in [0, 0.05) is 12.7 Å². The van der Waals surface area contributed by atoms with Crippen molar-refractivity contribution in [1.29, 1.82) is 0 Å². The molecule has 34 heavy (non-hydrogen) atoms. The molecule has 0 spiro atoms. The Hall–Kier alpha value is -1.70. The van der Waals surface area contributed by atoms with Crippen LogP contribution in [0.2, 0.25) is 39.3 Å². The van der Waals surface area contributed by atoms with Gasteiger partial charge in [-0.25, -0.2) is 0 Å². The van der Waals surface area contributed by atoms with Crippen LogP contribution in [0.15, 0.2) is 23.8 Å². The van der Waals surface area contributed by atoms with Gasteiger partial charge in [0.25, 0.3) is 0 Å². The molecule has 0 aromatic heterocycles. The van der Waals surface area contributed by atoms with Crippen LogP contribution in [0.5, 0.6) is 0 Å². The number of carbonyl (C=O) groups is 1. The summed E-state index contributed by atoms with van der Waals surface area (Å²) >= 11 is 0. The number of hydrogen-bond donors (Lipinski definition) is 1. The van der Waals surface area contributed by atoms with Gasteiger partial charge in [-0.3, -0.25) is 4.79 Å². The van der Waals surface area contributed by atoms with E-state index in [1.165, 1.54) is 38.6 Å². The molecular formula is C29H43NOSi3. The summed E-state index contributed by atoms with van der Waals surface area (Å²) in [5.41, 5.74) is 16.4. The molecule has 2 nitrogen and oxygen atoms in total. The first-order chi connectivity index (χ1) is 15.5.